The average Bonchev–Trinajstić information content (AvgIpc) is 3.16. The summed E-state index contributed by atoms with van der Waals surface area (Å²) in [5, 5.41) is 6.61. The number of fused-ring (bicyclic) bond motifs is 2. The van der Waals surface area contributed by atoms with E-state index in [0.29, 0.717) is 44.2 Å². The Morgan fingerprint density at radius 3 is 2.73 bits per heavy atom. The minimum atomic E-state index is -0.417. The molecule has 0 saturated heterocycles. The fourth-order valence-corrected chi connectivity index (χ4v) is 4.11. The molecule has 5 aromatic rings. The zero-order valence-corrected chi connectivity index (χ0v) is 18.7. The molecule has 3 aromatic heterocycles. The highest BCUT2D eigenvalue weighted by Crippen LogP contribution is 2.26. The summed E-state index contributed by atoms with van der Waals surface area (Å²) in [5.74, 6) is -0.740. The van der Waals surface area contributed by atoms with Gasteiger partial charge in [-0.1, -0.05) is 29.3 Å². The van der Waals surface area contributed by atoms with E-state index < -0.39 is 5.82 Å². The van der Waals surface area contributed by atoms with Gasteiger partial charge in [-0.25, -0.2) is 4.39 Å². The number of halogens is 3. The van der Waals surface area contributed by atoms with Crippen molar-refractivity contribution >= 4 is 50.8 Å². The lowest BCUT2D eigenvalue weighted by Crippen LogP contribution is -2.23. The molecular weight excluding hydrogens is 462 g/mol. The topological polar surface area (TPSA) is 70.7 Å². The number of benzene rings is 2. The summed E-state index contributed by atoms with van der Waals surface area (Å²) in [6.45, 7) is 0.0345. The van der Waals surface area contributed by atoms with Crippen molar-refractivity contribution in [1.82, 2.24) is 20.3 Å². The summed E-state index contributed by atoms with van der Waals surface area (Å²) >= 11 is 12.2. The molecule has 5 nitrogen and oxygen atoms in total. The van der Waals surface area contributed by atoms with Gasteiger partial charge in [0.25, 0.3) is 5.91 Å². The van der Waals surface area contributed by atoms with Crippen molar-refractivity contribution in [2.24, 2.45) is 0 Å². The third kappa shape index (κ3) is 4.53. The molecule has 0 spiro atoms. The lowest BCUT2D eigenvalue weighted by atomic mass is 10.1. The first-order chi connectivity index (χ1) is 16.0. The van der Waals surface area contributed by atoms with E-state index in [2.05, 4.69) is 20.3 Å². The van der Waals surface area contributed by atoms with E-state index in [-0.39, 0.29) is 12.5 Å². The molecule has 0 fully saturated rings. The maximum atomic E-state index is 14.4. The zero-order valence-electron chi connectivity index (χ0n) is 17.2. The second kappa shape index (κ2) is 8.81. The van der Waals surface area contributed by atoms with Gasteiger partial charge in [0.2, 0.25) is 0 Å². The van der Waals surface area contributed by atoms with Crippen molar-refractivity contribution in [3.63, 3.8) is 0 Å². The third-order valence-corrected chi connectivity index (χ3v) is 5.97. The lowest BCUT2D eigenvalue weighted by Gasteiger charge is -2.09. The van der Waals surface area contributed by atoms with Crippen LogP contribution in [-0.2, 0) is 13.0 Å². The molecule has 3 heterocycles. The summed E-state index contributed by atoms with van der Waals surface area (Å²) < 4.78 is 14.4. The fourth-order valence-electron chi connectivity index (χ4n) is 3.72. The van der Waals surface area contributed by atoms with Crippen LogP contribution >= 0.6 is 23.2 Å². The maximum Gasteiger partial charge on any atom is 0.251 e. The van der Waals surface area contributed by atoms with E-state index >= 15 is 0 Å². The monoisotopic (exact) mass is 478 g/mol. The molecule has 1 amide bonds. The number of hydrogen-bond donors (Lipinski definition) is 2. The summed E-state index contributed by atoms with van der Waals surface area (Å²) in [6, 6.07) is 13.9. The minimum Gasteiger partial charge on any atom is -0.360 e. The number of nitrogens with zero attached hydrogens (tertiary/aromatic N) is 2. The van der Waals surface area contributed by atoms with Gasteiger partial charge in [-0.15, -0.1) is 0 Å². The van der Waals surface area contributed by atoms with Crippen LogP contribution in [0.3, 0.4) is 0 Å². The number of carbonyl (C=O) groups excluding carboxylic acids is 1. The first-order valence-electron chi connectivity index (χ1n) is 10.2. The Bertz CT molecular complexity index is 1520. The molecule has 0 aliphatic rings. The Balaban J connectivity index is 1.31. The predicted molar refractivity (Wildman–Crippen MR) is 128 cm³/mol. The quantitative estimate of drug-likeness (QED) is 0.321. The largest absolute Gasteiger partial charge is 0.360 e. The van der Waals surface area contributed by atoms with Gasteiger partial charge in [-0.05, 0) is 47.9 Å². The summed E-state index contributed by atoms with van der Waals surface area (Å²) in [5.41, 5.74) is 2.91. The van der Waals surface area contributed by atoms with Crippen molar-refractivity contribution in [2.75, 3.05) is 0 Å². The summed E-state index contributed by atoms with van der Waals surface area (Å²) in [6.07, 6.45) is 5.43. The van der Waals surface area contributed by atoms with E-state index in [1.54, 1.807) is 36.8 Å². The van der Waals surface area contributed by atoms with Crippen molar-refractivity contribution < 1.29 is 9.18 Å². The summed E-state index contributed by atoms with van der Waals surface area (Å²) in [4.78, 5) is 24.5. The van der Waals surface area contributed by atoms with E-state index in [1.807, 2.05) is 24.3 Å². The van der Waals surface area contributed by atoms with Gasteiger partial charge in [0.15, 0.2) is 0 Å². The number of rotatable bonds is 5. The van der Waals surface area contributed by atoms with Crippen molar-refractivity contribution in [3.8, 4) is 0 Å². The van der Waals surface area contributed by atoms with Gasteiger partial charge in [0.05, 0.1) is 5.02 Å². The molecular formula is C25H17Cl2FN4O. The molecule has 0 radical (unpaired) electrons. The van der Waals surface area contributed by atoms with Crippen molar-refractivity contribution in [2.45, 2.75) is 13.0 Å². The van der Waals surface area contributed by atoms with Crippen LogP contribution in [0.15, 0.2) is 67.1 Å². The van der Waals surface area contributed by atoms with Gasteiger partial charge < -0.3 is 10.3 Å². The second-order valence-corrected chi connectivity index (χ2v) is 8.53. The number of nitrogens with one attached hydrogen (secondary N) is 2. The Labute approximate surface area is 198 Å². The van der Waals surface area contributed by atoms with Gasteiger partial charge >= 0.3 is 0 Å². The van der Waals surface area contributed by atoms with E-state index in [4.69, 9.17) is 23.2 Å². The number of aromatic nitrogens is 3. The molecule has 2 aromatic carbocycles. The van der Waals surface area contributed by atoms with Gasteiger partial charge in [0, 0.05) is 75.4 Å². The standard InChI is InChI=1S/C25H17Cl2FN4O/c26-18-2-1-15-11-30-20(7-16(15)5-18)9-19-6-14(3-4-29-19)25(33)32-12-17-8-21-22(27)13-31-24(21)10-23(17)28/h1-8,10-11,13,31H,9,12H2,(H,32,33). The number of aromatic amines is 1. The highest BCUT2D eigenvalue weighted by Gasteiger charge is 2.12. The molecule has 0 saturated carbocycles. The Morgan fingerprint density at radius 1 is 1.00 bits per heavy atom. The number of amides is 1. The molecule has 0 aliphatic carbocycles. The molecule has 2 N–H and O–H groups in total. The lowest BCUT2D eigenvalue weighted by molar-refractivity contribution is 0.0950. The molecule has 0 bridgehead atoms. The second-order valence-electron chi connectivity index (χ2n) is 7.69. The van der Waals surface area contributed by atoms with Crippen LogP contribution in [0, 0.1) is 5.82 Å². The van der Waals surface area contributed by atoms with Crippen LogP contribution in [0.2, 0.25) is 10.0 Å². The van der Waals surface area contributed by atoms with Crippen LogP contribution in [0.5, 0.6) is 0 Å². The van der Waals surface area contributed by atoms with Crippen molar-refractivity contribution in [3.05, 3.63) is 105 Å². The normalized spacial score (nSPS) is 11.2. The highest BCUT2D eigenvalue weighted by molar-refractivity contribution is 6.35. The van der Waals surface area contributed by atoms with Crippen LogP contribution in [0.1, 0.15) is 27.3 Å². The molecule has 164 valence electrons. The first-order valence-corrected chi connectivity index (χ1v) is 10.9. The smallest absolute Gasteiger partial charge is 0.251 e. The van der Waals surface area contributed by atoms with Gasteiger partial charge in [0.1, 0.15) is 5.82 Å². The first kappa shape index (κ1) is 21.4. The maximum absolute atomic E-state index is 14.4. The molecule has 0 unspecified atom stereocenters. The average molecular weight is 479 g/mol. The van der Waals surface area contributed by atoms with E-state index in [9.17, 15) is 9.18 Å². The molecule has 33 heavy (non-hydrogen) atoms. The van der Waals surface area contributed by atoms with Crippen LogP contribution in [-0.4, -0.2) is 20.9 Å². The molecule has 8 heteroatoms. The van der Waals surface area contributed by atoms with Gasteiger partial charge in [-0.2, -0.15) is 0 Å². The van der Waals surface area contributed by atoms with Crippen LogP contribution < -0.4 is 5.32 Å². The number of hydrogen-bond acceptors (Lipinski definition) is 3. The number of H-pyrrole nitrogens is 1. The van der Waals surface area contributed by atoms with Crippen LogP contribution in [0.4, 0.5) is 4.39 Å². The van der Waals surface area contributed by atoms with Crippen LogP contribution in [0.25, 0.3) is 21.7 Å². The predicted octanol–water partition coefficient (Wildman–Crippen LogP) is 6.08. The Morgan fingerprint density at radius 2 is 1.85 bits per heavy atom. The fraction of sp³-hybridized carbons (Fsp3) is 0.0800. The molecule has 0 aliphatic heterocycles. The molecule has 0 atom stereocenters. The van der Waals surface area contributed by atoms with Crippen molar-refractivity contribution in [1.29, 1.82) is 0 Å². The number of pyridine rings is 2. The number of carbonyl (C=O) groups is 1. The molecule has 5 rings (SSSR count). The van der Waals surface area contributed by atoms with Gasteiger partial charge in [-0.3, -0.25) is 14.8 Å². The SMILES string of the molecule is O=C(NCc1cc2c(Cl)c[nH]c2cc1F)c1ccnc(Cc2cc3cc(Cl)ccc3cn2)c1. The zero-order chi connectivity index (χ0) is 22.9. The Hall–Kier alpha value is -3.48. The minimum absolute atomic E-state index is 0.0345. The highest BCUT2D eigenvalue weighted by atomic mass is 35.5. The van der Waals surface area contributed by atoms with E-state index in [1.165, 1.54) is 6.07 Å². The summed E-state index contributed by atoms with van der Waals surface area (Å²) in [7, 11) is 0. The third-order valence-electron chi connectivity index (χ3n) is 5.42. The van der Waals surface area contributed by atoms with E-state index in [0.717, 1.165) is 16.5 Å². The Kier molecular flexibility index (Phi) is 5.70.